The van der Waals surface area contributed by atoms with E-state index in [1.54, 1.807) is 0 Å². The second-order valence-electron chi connectivity index (χ2n) is 28.1. The van der Waals surface area contributed by atoms with Crippen molar-refractivity contribution in [2.45, 2.75) is 195 Å². The van der Waals surface area contributed by atoms with Crippen LogP contribution in [0.15, 0.2) is 146 Å². The van der Waals surface area contributed by atoms with E-state index >= 15 is 0 Å². The van der Waals surface area contributed by atoms with Gasteiger partial charge in [-0.05, 0) is 99.3 Å². The average Bonchev–Trinajstić information content (AvgIpc) is 3.41. The van der Waals surface area contributed by atoms with E-state index in [0.29, 0.717) is 49.9 Å². The number of nitrogens with zero attached hydrogens (tertiary/aromatic N) is 6. The van der Waals surface area contributed by atoms with E-state index in [0.717, 1.165) is 33.4 Å². The summed E-state index contributed by atoms with van der Waals surface area (Å²) in [7, 11) is 0. The van der Waals surface area contributed by atoms with Gasteiger partial charge in [-0.15, -0.1) is 0 Å². The van der Waals surface area contributed by atoms with Gasteiger partial charge in [-0.1, -0.05) is 270 Å². The van der Waals surface area contributed by atoms with Crippen molar-refractivity contribution in [3.05, 3.63) is 224 Å². The molecule has 1 unspecified atom stereocenters. The van der Waals surface area contributed by atoms with Crippen molar-refractivity contribution < 1.29 is 0 Å². The van der Waals surface area contributed by atoms with Crippen molar-refractivity contribution in [2.24, 2.45) is 0 Å². The fraction of sp³-hybridized carbons (Fsp3) is 0.417. The third kappa shape index (κ3) is 14.0. The molecule has 1 heterocycles. The number of benzene rings is 6. The van der Waals surface area contributed by atoms with E-state index < -0.39 is 5.41 Å². The van der Waals surface area contributed by atoms with E-state index in [2.05, 4.69) is 292 Å². The lowest BCUT2D eigenvalue weighted by Gasteiger charge is -2.35. The maximum absolute atomic E-state index is 12.5. The summed E-state index contributed by atoms with van der Waals surface area (Å²) in [5.41, 5.74) is 12.5. The Morgan fingerprint density at radius 1 is 0.321 bits per heavy atom. The summed E-state index contributed by atoms with van der Waals surface area (Å²) in [6, 6.07) is 58.3. The molecule has 0 spiro atoms. The van der Waals surface area contributed by atoms with Crippen LogP contribution in [0.5, 0.6) is 0 Å². The fourth-order valence-electron chi connectivity index (χ4n) is 10.1. The molecular formula is C72H88N6. The number of hydrogen-bond acceptors (Lipinski definition) is 6. The number of hydrogen-bond donors (Lipinski definition) is 0. The highest BCUT2D eigenvalue weighted by Gasteiger charge is 2.42. The van der Waals surface area contributed by atoms with Crippen LogP contribution < -0.4 is 9.80 Å². The molecule has 7 aromatic rings. The summed E-state index contributed by atoms with van der Waals surface area (Å²) in [6.45, 7) is 41.9. The molecule has 6 heteroatoms. The summed E-state index contributed by atoms with van der Waals surface area (Å²) < 4.78 is 0. The number of nitriles is 2. The molecule has 406 valence electrons. The molecule has 6 nitrogen and oxygen atoms in total. The van der Waals surface area contributed by atoms with Gasteiger partial charge < -0.3 is 9.80 Å². The van der Waals surface area contributed by atoms with Gasteiger partial charge in [-0.25, -0.2) is 9.97 Å². The molecule has 0 saturated carbocycles. The first-order chi connectivity index (χ1) is 36.3. The summed E-state index contributed by atoms with van der Waals surface area (Å²) >= 11 is 0. The van der Waals surface area contributed by atoms with Crippen LogP contribution in [0, 0.1) is 22.7 Å². The van der Waals surface area contributed by atoms with Gasteiger partial charge in [0.2, 0.25) is 0 Å². The standard InChI is InChI=1S/C72H88N6/c1-66(2,3)55-29-19-50(20-30-55)43-72(49-74,61-41-39-60(40-42-61)71(16,17)18)63-65(78(47-53-25-35-58(36-26-53)69(10,11)12)48-54-27-37-59(38-28-54)70(13,14)15)75-62(44-73)64(76-63)77(45-51-21-31-56(32-22-51)67(4,5)6)46-52-23-33-57(34-24-52)68(7,8)9/h19-42H,43,45-48H2,1-18H3. The largest absolute Gasteiger partial charge is 0.346 e. The van der Waals surface area contributed by atoms with E-state index in [4.69, 9.17) is 9.97 Å². The van der Waals surface area contributed by atoms with E-state index in [9.17, 15) is 10.5 Å². The van der Waals surface area contributed by atoms with Crippen LogP contribution >= 0.6 is 0 Å². The molecule has 0 amide bonds. The van der Waals surface area contributed by atoms with Crippen LogP contribution in [0.4, 0.5) is 11.6 Å². The molecule has 0 saturated heterocycles. The van der Waals surface area contributed by atoms with Crippen molar-refractivity contribution in [2.75, 3.05) is 9.80 Å². The van der Waals surface area contributed by atoms with Crippen LogP contribution in [0.25, 0.3) is 0 Å². The fourth-order valence-corrected chi connectivity index (χ4v) is 10.1. The molecular weight excluding hydrogens is 949 g/mol. The summed E-state index contributed by atoms with van der Waals surface area (Å²) in [4.78, 5) is 15.9. The van der Waals surface area contributed by atoms with Crippen molar-refractivity contribution >= 4 is 11.6 Å². The van der Waals surface area contributed by atoms with Crippen LogP contribution in [0.1, 0.15) is 203 Å². The van der Waals surface area contributed by atoms with Gasteiger partial charge in [-0.2, -0.15) is 10.5 Å². The molecule has 0 N–H and O–H groups in total. The van der Waals surface area contributed by atoms with Gasteiger partial charge in [0.15, 0.2) is 17.3 Å². The molecule has 6 aromatic carbocycles. The Balaban J connectivity index is 1.57. The van der Waals surface area contributed by atoms with E-state index in [1.165, 1.54) is 33.4 Å². The Bertz CT molecular complexity index is 3100. The first-order valence-corrected chi connectivity index (χ1v) is 28.1. The van der Waals surface area contributed by atoms with Crippen molar-refractivity contribution in [3.63, 3.8) is 0 Å². The van der Waals surface area contributed by atoms with Gasteiger partial charge in [0.25, 0.3) is 0 Å². The third-order valence-electron chi connectivity index (χ3n) is 15.5. The van der Waals surface area contributed by atoms with Crippen molar-refractivity contribution in [1.82, 2.24) is 9.97 Å². The second-order valence-corrected chi connectivity index (χ2v) is 28.1. The van der Waals surface area contributed by atoms with Gasteiger partial charge in [0, 0.05) is 32.6 Å². The van der Waals surface area contributed by atoms with Crippen LogP contribution in [-0.4, -0.2) is 9.97 Å². The molecule has 0 aliphatic rings. The van der Waals surface area contributed by atoms with Crippen LogP contribution in [-0.2, 0) is 70.5 Å². The predicted octanol–water partition coefficient (Wildman–Crippen LogP) is 17.6. The zero-order chi connectivity index (χ0) is 57.2. The van der Waals surface area contributed by atoms with Crippen molar-refractivity contribution in [1.29, 1.82) is 10.5 Å². The quantitative estimate of drug-likeness (QED) is 0.108. The average molecular weight is 1040 g/mol. The monoisotopic (exact) mass is 1040 g/mol. The Labute approximate surface area is 470 Å². The Morgan fingerprint density at radius 2 is 0.564 bits per heavy atom. The topological polar surface area (TPSA) is 79.8 Å². The SMILES string of the molecule is CC(C)(C)c1ccc(CN(Cc2ccc(C(C)(C)C)cc2)c2nc(C(C#N)(Cc3ccc(C(C)(C)C)cc3)c3ccc(C(C)(C)C)cc3)c(N(Cc3ccc(C(C)(C)C)cc3)Cc3ccc(C(C)(C)C)cc3)nc2C#N)cc1. The second kappa shape index (κ2) is 22.4. The molecule has 0 aliphatic carbocycles. The highest BCUT2D eigenvalue weighted by atomic mass is 15.2. The molecule has 7 rings (SSSR count). The normalized spacial score (nSPS) is 13.3. The smallest absolute Gasteiger partial charge is 0.185 e. The Hall–Kier alpha value is -7.02. The summed E-state index contributed by atoms with van der Waals surface area (Å²) in [5.74, 6) is 0.945. The van der Waals surface area contributed by atoms with Gasteiger partial charge in [0.05, 0.1) is 6.07 Å². The maximum Gasteiger partial charge on any atom is 0.185 e. The van der Waals surface area contributed by atoms with Gasteiger partial charge in [-0.3, -0.25) is 0 Å². The Morgan fingerprint density at radius 3 is 0.821 bits per heavy atom. The molecule has 0 aliphatic heterocycles. The minimum absolute atomic E-state index is 0.0227. The summed E-state index contributed by atoms with van der Waals surface area (Å²) in [5, 5.41) is 24.0. The first kappa shape index (κ1) is 58.7. The lowest BCUT2D eigenvalue weighted by atomic mass is 9.72. The van der Waals surface area contributed by atoms with Crippen molar-refractivity contribution in [3.8, 4) is 12.1 Å². The lowest BCUT2D eigenvalue weighted by molar-refractivity contribution is 0.583. The Kier molecular flexibility index (Phi) is 16.8. The number of aromatic nitrogens is 2. The highest BCUT2D eigenvalue weighted by molar-refractivity contribution is 5.64. The van der Waals surface area contributed by atoms with Gasteiger partial charge >= 0.3 is 0 Å². The lowest BCUT2D eigenvalue weighted by Crippen LogP contribution is -2.36. The van der Waals surface area contributed by atoms with E-state index in [1.807, 2.05) is 0 Å². The molecule has 0 bridgehead atoms. The molecule has 78 heavy (non-hydrogen) atoms. The van der Waals surface area contributed by atoms with Crippen LogP contribution in [0.3, 0.4) is 0 Å². The zero-order valence-electron chi connectivity index (χ0n) is 50.6. The van der Waals surface area contributed by atoms with Gasteiger partial charge in [0.1, 0.15) is 17.2 Å². The maximum atomic E-state index is 12.5. The van der Waals surface area contributed by atoms with E-state index in [-0.39, 0.29) is 38.2 Å². The predicted molar refractivity (Wildman–Crippen MR) is 327 cm³/mol. The minimum Gasteiger partial charge on any atom is -0.346 e. The minimum atomic E-state index is -1.39. The molecule has 0 fully saturated rings. The number of anilines is 2. The summed E-state index contributed by atoms with van der Waals surface area (Å²) in [6.07, 6.45) is 0.312. The first-order valence-electron chi connectivity index (χ1n) is 28.1. The number of rotatable bonds is 14. The third-order valence-corrected chi connectivity index (χ3v) is 15.5. The molecule has 1 aromatic heterocycles. The zero-order valence-corrected chi connectivity index (χ0v) is 50.6. The molecule has 1 atom stereocenters. The van der Waals surface area contributed by atoms with Crippen LogP contribution in [0.2, 0.25) is 0 Å². The highest BCUT2D eigenvalue weighted by Crippen LogP contribution is 2.43. The molecule has 0 radical (unpaired) electrons.